The third kappa shape index (κ3) is 9.28. The Morgan fingerprint density at radius 3 is 2.37 bits per heavy atom. The maximum Gasteiger partial charge on any atom is 0.255 e. The van der Waals surface area contributed by atoms with Gasteiger partial charge in [-0.1, -0.05) is 18.2 Å². The number of halogens is 2. The summed E-state index contributed by atoms with van der Waals surface area (Å²) in [5.41, 5.74) is 1.10. The van der Waals surface area contributed by atoms with Crippen LogP contribution in [0.5, 0.6) is 0 Å². The highest BCUT2D eigenvalue weighted by molar-refractivity contribution is 6.01. The Balaban J connectivity index is 0.776. The lowest BCUT2D eigenvalue weighted by Crippen LogP contribution is -2.56. The minimum Gasteiger partial charge on any atom is -0.388 e. The van der Waals surface area contributed by atoms with Crippen molar-refractivity contribution in [3.8, 4) is 16.9 Å². The largest absolute Gasteiger partial charge is 0.388 e. The van der Waals surface area contributed by atoms with Gasteiger partial charge < -0.3 is 25.5 Å². The zero-order valence-electron chi connectivity index (χ0n) is 32.8. The van der Waals surface area contributed by atoms with Crippen molar-refractivity contribution in [2.75, 3.05) is 61.3 Å². The lowest BCUT2D eigenvalue weighted by Gasteiger charge is -2.44. The SMILES string of the molecule is O=C1CCC(Nc2ccc(N3CCN(CC4(O)CCN(C(=O)[C@H]5CC[C@H](Nc6ncc(F)c(-c7cccc(-n8ccccc8=O)c7)n6)CC5)CC4)CC3)c(F)c2)C(=O)N1. The fraction of sp³-hybridized carbons (Fsp3) is 0.442. The summed E-state index contributed by atoms with van der Waals surface area (Å²) < 4.78 is 31.7. The van der Waals surface area contributed by atoms with Crippen molar-refractivity contribution in [1.82, 2.24) is 29.7 Å². The van der Waals surface area contributed by atoms with Crippen molar-refractivity contribution in [2.24, 2.45) is 5.92 Å². The number of aliphatic hydroxyl groups is 1. The molecule has 1 atom stereocenters. The molecule has 3 saturated heterocycles. The van der Waals surface area contributed by atoms with Gasteiger partial charge in [-0.25, -0.2) is 18.7 Å². The van der Waals surface area contributed by atoms with E-state index in [0.29, 0.717) is 106 Å². The van der Waals surface area contributed by atoms with Crippen LogP contribution in [0.15, 0.2) is 77.9 Å². The van der Waals surface area contributed by atoms with E-state index in [1.54, 1.807) is 54.7 Å². The lowest BCUT2D eigenvalue weighted by atomic mass is 9.84. The van der Waals surface area contributed by atoms with Crippen LogP contribution in [0, 0.1) is 17.6 Å². The summed E-state index contributed by atoms with van der Waals surface area (Å²) >= 11 is 0. The summed E-state index contributed by atoms with van der Waals surface area (Å²) in [6.07, 6.45) is 7.23. The lowest BCUT2D eigenvalue weighted by molar-refractivity contribution is -0.141. The molecule has 0 radical (unpaired) electrons. The topological polar surface area (TPSA) is 165 Å². The number of pyridine rings is 1. The maximum absolute atomic E-state index is 15.2. The number of likely N-dealkylation sites (tertiary alicyclic amines) is 1. The van der Waals surface area contributed by atoms with Crippen LogP contribution >= 0.6 is 0 Å². The standard InChI is InChI=1S/C43H49F2N9O5/c44-33-25-31(47-35-12-14-37(55)49-40(35)57)11-13-36(33)52-22-20-51(21-23-52)27-43(59)15-18-53(19-16-43)41(58)28-7-9-30(10-8-28)48-42-46-26-34(45)39(50-42)29-4-3-5-32(24-29)54-17-2-1-6-38(54)56/h1-6,11,13,17,24-26,28,30,35,47,59H,7-10,12,14-16,18-23,27H2,(H,46,48,50)(H,49,55,57)/t28-,30-,35?. The Kier molecular flexibility index (Phi) is 11.7. The van der Waals surface area contributed by atoms with Crippen LogP contribution in [0.3, 0.4) is 0 Å². The van der Waals surface area contributed by atoms with E-state index >= 15 is 4.39 Å². The Morgan fingerprint density at radius 2 is 1.64 bits per heavy atom. The molecule has 2 aromatic carbocycles. The number of carbonyl (C=O) groups is 3. The van der Waals surface area contributed by atoms with E-state index in [-0.39, 0.29) is 41.4 Å². The Morgan fingerprint density at radius 1 is 0.864 bits per heavy atom. The third-order valence-electron chi connectivity index (χ3n) is 12.1. The molecule has 1 unspecified atom stereocenters. The maximum atomic E-state index is 15.2. The fourth-order valence-electron chi connectivity index (χ4n) is 8.76. The molecule has 4 fully saturated rings. The number of aromatic nitrogens is 3. The van der Waals surface area contributed by atoms with E-state index in [1.165, 1.54) is 16.7 Å². The second-order valence-electron chi connectivity index (χ2n) is 16.2. The van der Waals surface area contributed by atoms with Crippen molar-refractivity contribution >= 4 is 35.0 Å². The van der Waals surface area contributed by atoms with Gasteiger partial charge in [0.25, 0.3) is 5.56 Å². The Hall–Kier alpha value is -5.74. The highest BCUT2D eigenvalue weighted by atomic mass is 19.1. The van der Waals surface area contributed by atoms with E-state index in [9.17, 15) is 28.7 Å². The molecule has 8 rings (SSSR count). The van der Waals surface area contributed by atoms with Gasteiger partial charge in [0.1, 0.15) is 17.6 Å². The van der Waals surface area contributed by atoms with Crippen LogP contribution in [-0.2, 0) is 14.4 Å². The molecule has 1 aliphatic carbocycles. The van der Waals surface area contributed by atoms with Crippen molar-refractivity contribution in [2.45, 2.75) is 69.1 Å². The molecule has 4 N–H and O–H groups in total. The highest BCUT2D eigenvalue weighted by Gasteiger charge is 2.38. The second kappa shape index (κ2) is 17.2. The van der Waals surface area contributed by atoms with Crippen LogP contribution in [0.4, 0.5) is 26.1 Å². The Bertz CT molecular complexity index is 2250. The van der Waals surface area contributed by atoms with Gasteiger partial charge in [-0.15, -0.1) is 0 Å². The smallest absolute Gasteiger partial charge is 0.255 e. The van der Waals surface area contributed by atoms with E-state index in [0.717, 1.165) is 19.0 Å². The number of hydrogen-bond donors (Lipinski definition) is 4. The molecule has 0 bridgehead atoms. The number of piperazine rings is 1. The van der Waals surface area contributed by atoms with Gasteiger partial charge in [-0.3, -0.25) is 34.0 Å². The number of hydrogen-bond acceptors (Lipinski definition) is 11. The average Bonchev–Trinajstić information content (AvgIpc) is 3.23. The third-order valence-corrected chi connectivity index (χ3v) is 12.1. The molecule has 3 amide bonds. The molecular weight excluding hydrogens is 761 g/mol. The predicted molar refractivity (Wildman–Crippen MR) is 218 cm³/mol. The normalized spacial score (nSPS) is 22.5. The summed E-state index contributed by atoms with van der Waals surface area (Å²) in [5, 5.41) is 20.2. The fourth-order valence-corrected chi connectivity index (χ4v) is 8.76. The van der Waals surface area contributed by atoms with Crippen molar-refractivity contribution in [3.05, 3.63) is 95.0 Å². The van der Waals surface area contributed by atoms with Crippen molar-refractivity contribution < 1.29 is 28.3 Å². The van der Waals surface area contributed by atoms with Crippen LogP contribution in [0.1, 0.15) is 51.4 Å². The van der Waals surface area contributed by atoms with E-state index in [1.807, 2.05) is 9.80 Å². The molecule has 3 aliphatic heterocycles. The molecule has 4 aliphatic rings. The first-order chi connectivity index (χ1) is 28.5. The minimum atomic E-state index is -0.913. The number of benzene rings is 2. The van der Waals surface area contributed by atoms with E-state index in [4.69, 9.17) is 0 Å². The van der Waals surface area contributed by atoms with Crippen molar-refractivity contribution in [3.63, 3.8) is 0 Å². The van der Waals surface area contributed by atoms with E-state index < -0.39 is 29.2 Å². The molecule has 4 aromatic rings. The van der Waals surface area contributed by atoms with Gasteiger partial charge in [0.2, 0.25) is 23.7 Å². The number of rotatable bonds is 10. The molecule has 2 aromatic heterocycles. The summed E-state index contributed by atoms with van der Waals surface area (Å²) in [6.45, 7) is 3.97. The van der Waals surface area contributed by atoms with Crippen LogP contribution in [0.2, 0.25) is 0 Å². The number of β-amino-alcohol motifs (C(OH)–C–C–N with tert-alkyl or cyclic N) is 1. The van der Waals surface area contributed by atoms with Crippen LogP contribution < -0.4 is 26.4 Å². The van der Waals surface area contributed by atoms with Crippen LogP contribution in [-0.4, -0.2) is 111 Å². The number of nitrogens with zero attached hydrogens (tertiary/aromatic N) is 6. The van der Waals surface area contributed by atoms with Gasteiger partial charge in [-0.05, 0) is 81.3 Å². The first-order valence-electron chi connectivity index (χ1n) is 20.5. The monoisotopic (exact) mass is 809 g/mol. The molecular formula is C43H49F2N9O5. The first-order valence-corrected chi connectivity index (χ1v) is 20.5. The predicted octanol–water partition coefficient (Wildman–Crippen LogP) is 3.94. The quantitative estimate of drug-likeness (QED) is 0.172. The van der Waals surface area contributed by atoms with Gasteiger partial charge in [0.05, 0.1) is 17.5 Å². The van der Waals surface area contributed by atoms with Gasteiger partial charge >= 0.3 is 0 Å². The number of piperidine rings is 2. The summed E-state index contributed by atoms with van der Waals surface area (Å²) in [5.74, 6) is -1.36. The summed E-state index contributed by atoms with van der Waals surface area (Å²) in [4.78, 5) is 64.3. The van der Waals surface area contributed by atoms with Gasteiger partial charge in [0.15, 0.2) is 5.82 Å². The summed E-state index contributed by atoms with van der Waals surface area (Å²) in [6, 6.07) is 16.1. The average molecular weight is 810 g/mol. The number of carbonyl (C=O) groups excluding carboxylic acids is 3. The zero-order valence-corrected chi connectivity index (χ0v) is 32.8. The Labute approximate surface area is 340 Å². The minimum absolute atomic E-state index is 0.0244. The molecule has 16 heteroatoms. The van der Waals surface area contributed by atoms with E-state index in [2.05, 4.69) is 30.8 Å². The molecule has 5 heterocycles. The number of imide groups is 1. The number of nitrogens with one attached hydrogen (secondary N) is 3. The van der Waals surface area contributed by atoms with Gasteiger partial charge in [0, 0.05) is 93.4 Å². The number of amides is 3. The molecule has 59 heavy (non-hydrogen) atoms. The molecule has 14 nitrogen and oxygen atoms in total. The molecule has 0 spiro atoms. The number of anilines is 3. The highest BCUT2D eigenvalue weighted by Crippen LogP contribution is 2.32. The molecule has 310 valence electrons. The van der Waals surface area contributed by atoms with Crippen LogP contribution in [0.25, 0.3) is 16.9 Å². The first kappa shape index (κ1) is 40.1. The van der Waals surface area contributed by atoms with Crippen molar-refractivity contribution in [1.29, 1.82) is 0 Å². The molecule has 1 saturated carbocycles. The zero-order chi connectivity index (χ0) is 41.1. The second-order valence-corrected chi connectivity index (χ2v) is 16.2. The summed E-state index contributed by atoms with van der Waals surface area (Å²) in [7, 11) is 0. The van der Waals surface area contributed by atoms with Gasteiger partial charge in [-0.2, -0.15) is 0 Å².